The highest BCUT2D eigenvalue weighted by molar-refractivity contribution is 6.03. The van der Waals surface area contributed by atoms with E-state index in [2.05, 4.69) is 25.7 Å². The van der Waals surface area contributed by atoms with Gasteiger partial charge < -0.3 is 10.6 Å². The number of aldehydes is 1. The van der Waals surface area contributed by atoms with Gasteiger partial charge in [0.25, 0.3) is 5.91 Å². The van der Waals surface area contributed by atoms with Gasteiger partial charge in [0, 0.05) is 29.2 Å². The van der Waals surface area contributed by atoms with Gasteiger partial charge in [0.1, 0.15) is 17.8 Å². The van der Waals surface area contributed by atoms with Gasteiger partial charge >= 0.3 is 6.18 Å². The SMILES string of the molecule is O=Cc1cccc2c(NCc3cccc(NC(=O)c4cc(C(F)(F)F)[nH]n4)c3)ncnc12. The van der Waals surface area contributed by atoms with Gasteiger partial charge in [-0.05, 0) is 29.8 Å². The molecule has 0 bridgehead atoms. The van der Waals surface area contributed by atoms with Gasteiger partial charge in [-0.1, -0.05) is 18.2 Å². The van der Waals surface area contributed by atoms with E-state index in [9.17, 15) is 22.8 Å². The van der Waals surface area contributed by atoms with Crippen LogP contribution in [0.3, 0.4) is 0 Å². The summed E-state index contributed by atoms with van der Waals surface area (Å²) in [6.45, 7) is 0.335. The molecular formula is C21H15F3N6O2. The Bertz CT molecular complexity index is 1300. The van der Waals surface area contributed by atoms with Gasteiger partial charge in [-0.2, -0.15) is 18.3 Å². The summed E-state index contributed by atoms with van der Waals surface area (Å²) in [6.07, 6.45) is -2.54. The van der Waals surface area contributed by atoms with Gasteiger partial charge in [0.2, 0.25) is 0 Å². The number of benzene rings is 2. The predicted molar refractivity (Wildman–Crippen MR) is 110 cm³/mol. The Morgan fingerprint density at radius 3 is 2.66 bits per heavy atom. The minimum atomic E-state index is -4.62. The topological polar surface area (TPSA) is 113 Å². The van der Waals surface area contributed by atoms with E-state index >= 15 is 0 Å². The van der Waals surface area contributed by atoms with Crippen molar-refractivity contribution in [1.82, 2.24) is 20.2 Å². The Kier molecular flexibility index (Phi) is 5.54. The van der Waals surface area contributed by atoms with Crippen LogP contribution in [0.25, 0.3) is 10.9 Å². The summed E-state index contributed by atoms with van der Waals surface area (Å²) in [5.41, 5.74) is 0.665. The number of hydrogen-bond acceptors (Lipinski definition) is 6. The van der Waals surface area contributed by atoms with Crippen LogP contribution in [0, 0.1) is 0 Å². The lowest BCUT2D eigenvalue weighted by Crippen LogP contribution is -2.13. The normalized spacial score (nSPS) is 11.3. The lowest BCUT2D eigenvalue weighted by Gasteiger charge is -2.10. The van der Waals surface area contributed by atoms with E-state index in [1.165, 1.54) is 6.33 Å². The van der Waals surface area contributed by atoms with E-state index in [1.807, 2.05) is 0 Å². The molecule has 11 heteroatoms. The highest BCUT2D eigenvalue weighted by Crippen LogP contribution is 2.28. The lowest BCUT2D eigenvalue weighted by atomic mass is 10.1. The number of fused-ring (bicyclic) bond motifs is 1. The first-order valence-corrected chi connectivity index (χ1v) is 9.31. The van der Waals surface area contributed by atoms with Crippen molar-refractivity contribution in [3.05, 3.63) is 77.4 Å². The quantitative estimate of drug-likeness (QED) is 0.390. The maximum absolute atomic E-state index is 12.7. The van der Waals surface area contributed by atoms with Crippen LogP contribution in [0.5, 0.6) is 0 Å². The number of carbonyl (C=O) groups is 2. The fraction of sp³-hybridized carbons (Fsp3) is 0.0952. The standard InChI is InChI=1S/C21H15F3N6O2/c22-21(23,24)17-8-16(29-30-17)20(32)28-14-5-1-3-12(7-14)9-25-19-15-6-2-4-13(10-31)18(15)26-11-27-19/h1-8,10-11H,9H2,(H,28,32)(H,29,30)(H,25,26,27). The Balaban J connectivity index is 1.47. The summed E-state index contributed by atoms with van der Waals surface area (Å²) in [5.74, 6) is -0.241. The molecular weight excluding hydrogens is 425 g/mol. The second-order valence-corrected chi connectivity index (χ2v) is 6.76. The van der Waals surface area contributed by atoms with E-state index in [4.69, 9.17) is 0 Å². The summed E-state index contributed by atoms with van der Waals surface area (Å²) >= 11 is 0. The Morgan fingerprint density at radius 1 is 1.09 bits per heavy atom. The number of alkyl halides is 3. The largest absolute Gasteiger partial charge is 0.432 e. The van der Waals surface area contributed by atoms with Gasteiger partial charge in [-0.3, -0.25) is 14.7 Å². The van der Waals surface area contributed by atoms with Crippen molar-refractivity contribution < 1.29 is 22.8 Å². The third-order valence-corrected chi connectivity index (χ3v) is 4.58. The molecule has 0 aliphatic carbocycles. The molecule has 8 nitrogen and oxygen atoms in total. The zero-order valence-corrected chi connectivity index (χ0v) is 16.3. The molecule has 2 aromatic carbocycles. The number of aromatic nitrogens is 4. The number of nitrogens with zero attached hydrogens (tertiary/aromatic N) is 3. The Morgan fingerprint density at radius 2 is 1.91 bits per heavy atom. The molecule has 0 fully saturated rings. The van der Waals surface area contributed by atoms with Crippen molar-refractivity contribution in [3.63, 3.8) is 0 Å². The number of amides is 1. The van der Waals surface area contributed by atoms with Gasteiger partial charge in [0.15, 0.2) is 12.0 Å². The first kappa shape index (κ1) is 21.0. The smallest absolute Gasteiger partial charge is 0.365 e. The van der Waals surface area contributed by atoms with Crippen LogP contribution < -0.4 is 10.6 Å². The molecule has 0 aliphatic heterocycles. The van der Waals surface area contributed by atoms with Crippen LogP contribution in [-0.4, -0.2) is 32.4 Å². The van der Waals surface area contributed by atoms with E-state index in [-0.39, 0.29) is 5.69 Å². The number of hydrogen-bond donors (Lipinski definition) is 3. The zero-order chi connectivity index (χ0) is 22.7. The number of anilines is 2. The molecule has 4 aromatic rings. The first-order chi connectivity index (χ1) is 15.3. The molecule has 3 N–H and O–H groups in total. The van der Waals surface area contributed by atoms with Gasteiger partial charge in [0.05, 0.1) is 5.52 Å². The zero-order valence-electron chi connectivity index (χ0n) is 16.3. The molecule has 0 saturated heterocycles. The average Bonchev–Trinajstić information content (AvgIpc) is 3.29. The van der Waals surface area contributed by atoms with Crippen LogP contribution in [0.4, 0.5) is 24.7 Å². The fourth-order valence-electron chi connectivity index (χ4n) is 3.07. The second-order valence-electron chi connectivity index (χ2n) is 6.76. The van der Waals surface area contributed by atoms with Crippen LogP contribution in [-0.2, 0) is 12.7 Å². The Labute approximate surface area is 178 Å². The molecule has 32 heavy (non-hydrogen) atoms. The second kappa shape index (κ2) is 8.46. The van der Waals surface area contributed by atoms with Crippen molar-refractivity contribution in [2.45, 2.75) is 12.7 Å². The van der Waals surface area contributed by atoms with Crippen molar-refractivity contribution >= 4 is 34.6 Å². The number of para-hydroxylation sites is 1. The maximum atomic E-state index is 12.7. The van der Waals surface area contributed by atoms with E-state index in [1.54, 1.807) is 47.6 Å². The van der Waals surface area contributed by atoms with Gasteiger partial charge in [-0.15, -0.1) is 0 Å². The highest BCUT2D eigenvalue weighted by Gasteiger charge is 2.33. The first-order valence-electron chi connectivity index (χ1n) is 9.31. The van der Waals surface area contributed by atoms with Crippen molar-refractivity contribution in [2.75, 3.05) is 10.6 Å². The van der Waals surface area contributed by atoms with Crippen molar-refractivity contribution in [3.8, 4) is 0 Å². The van der Waals surface area contributed by atoms with Crippen LogP contribution in [0.1, 0.15) is 32.1 Å². The summed E-state index contributed by atoms with van der Waals surface area (Å²) in [7, 11) is 0. The van der Waals surface area contributed by atoms with E-state index in [0.717, 1.165) is 11.8 Å². The summed E-state index contributed by atoms with van der Waals surface area (Å²) < 4.78 is 38.0. The molecule has 4 rings (SSSR count). The minimum absolute atomic E-state index is 0.335. The summed E-state index contributed by atoms with van der Waals surface area (Å²) in [6, 6.07) is 12.6. The number of nitrogens with one attached hydrogen (secondary N) is 3. The van der Waals surface area contributed by atoms with E-state index in [0.29, 0.717) is 40.6 Å². The predicted octanol–water partition coefficient (Wildman–Crippen LogP) is 4.05. The van der Waals surface area contributed by atoms with E-state index < -0.39 is 17.8 Å². The van der Waals surface area contributed by atoms with Crippen molar-refractivity contribution in [2.24, 2.45) is 0 Å². The molecule has 0 spiro atoms. The third-order valence-electron chi connectivity index (χ3n) is 4.58. The monoisotopic (exact) mass is 440 g/mol. The molecule has 2 aromatic heterocycles. The molecule has 0 radical (unpaired) electrons. The number of carbonyl (C=O) groups excluding carboxylic acids is 2. The number of aromatic amines is 1. The van der Waals surface area contributed by atoms with Crippen LogP contribution in [0.2, 0.25) is 0 Å². The Hall–Kier alpha value is -4.28. The molecule has 0 saturated carbocycles. The number of H-pyrrole nitrogens is 1. The van der Waals surface area contributed by atoms with Crippen LogP contribution in [0.15, 0.2) is 54.9 Å². The molecule has 0 unspecified atom stereocenters. The molecule has 1 amide bonds. The highest BCUT2D eigenvalue weighted by atomic mass is 19.4. The molecule has 162 valence electrons. The molecule has 2 heterocycles. The summed E-state index contributed by atoms with van der Waals surface area (Å²) in [4.78, 5) is 31.8. The van der Waals surface area contributed by atoms with Gasteiger partial charge in [-0.25, -0.2) is 9.97 Å². The summed E-state index contributed by atoms with van der Waals surface area (Å²) in [5, 5.41) is 11.6. The average molecular weight is 440 g/mol. The number of halogens is 3. The van der Waals surface area contributed by atoms with Crippen LogP contribution >= 0.6 is 0 Å². The fourth-order valence-corrected chi connectivity index (χ4v) is 3.07. The molecule has 0 aliphatic rings. The maximum Gasteiger partial charge on any atom is 0.432 e. The van der Waals surface area contributed by atoms with Crippen molar-refractivity contribution in [1.29, 1.82) is 0 Å². The molecule has 0 atom stereocenters. The lowest BCUT2D eigenvalue weighted by molar-refractivity contribution is -0.141. The third kappa shape index (κ3) is 4.41. The minimum Gasteiger partial charge on any atom is -0.365 e. The number of rotatable bonds is 6.